The predicted octanol–water partition coefficient (Wildman–Crippen LogP) is 0.726. The Morgan fingerprint density at radius 2 is 1.88 bits per heavy atom. The number of nitrogens with two attached hydrogens (primary N) is 1. The molecule has 0 aromatic heterocycles. The number of nitrogens with zero attached hydrogens (tertiary/aromatic N) is 1. The van der Waals surface area contributed by atoms with Crippen molar-refractivity contribution in [3.63, 3.8) is 0 Å². The maximum atomic E-state index is 10.2. The zero-order valence-corrected chi connectivity index (χ0v) is 10.9. The van der Waals surface area contributed by atoms with E-state index < -0.39 is 16.0 Å². The van der Waals surface area contributed by atoms with Gasteiger partial charge in [0.25, 0.3) is 10.1 Å². The second-order valence-electron chi connectivity index (χ2n) is 2.47. The summed E-state index contributed by atoms with van der Waals surface area (Å²) in [6.45, 7) is 8.35. The van der Waals surface area contributed by atoms with Gasteiger partial charge in [-0.2, -0.15) is 13.7 Å². The molecule has 0 bridgehead atoms. The molecule has 0 radical (unpaired) electrons. The van der Waals surface area contributed by atoms with Crippen LogP contribution in [0.1, 0.15) is 13.3 Å². The number of rotatable bonds is 4. The number of amides is 1. The second kappa shape index (κ2) is 14.3. The first-order valence-corrected chi connectivity index (χ1v) is 6.33. The fourth-order valence-corrected chi connectivity index (χ4v) is 0.704. The molecule has 0 atom stereocenters. The number of carbonyl (C=O) groups excluding carboxylic acids is 1. The molecule has 2 N–H and O–H groups in total. The second-order valence-corrected chi connectivity index (χ2v) is 4.11. The van der Waals surface area contributed by atoms with Crippen molar-refractivity contribution in [2.45, 2.75) is 13.3 Å². The van der Waals surface area contributed by atoms with Gasteiger partial charge in [0.05, 0.1) is 18.9 Å². The lowest BCUT2D eigenvalue weighted by molar-refractivity contribution is -0.113. The summed E-state index contributed by atoms with van der Waals surface area (Å²) in [5, 5.41) is 7.51. The van der Waals surface area contributed by atoms with E-state index in [1.807, 2.05) is 6.92 Å². The minimum absolute atomic E-state index is 0.291. The summed E-state index contributed by atoms with van der Waals surface area (Å²) in [4.78, 5) is 9.47. The SMILES string of the molecule is C=CC#N.C=CC(N)=O.CCCOS(C)(=O)=O. The first-order chi connectivity index (χ1) is 7.74. The molecule has 0 saturated heterocycles. The summed E-state index contributed by atoms with van der Waals surface area (Å²) < 4.78 is 24.7. The number of hydrogen-bond donors (Lipinski definition) is 1. The highest BCUT2D eigenvalue weighted by molar-refractivity contribution is 7.85. The smallest absolute Gasteiger partial charge is 0.264 e. The molecule has 0 aromatic carbocycles. The van der Waals surface area contributed by atoms with E-state index in [1.165, 1.54) is 6.08 Å². The molecule has 0 unspecified atom stereocenters. The van der Waals surface area contributed by atoms with Crippen LogP contribution in [-0.2, 0) is 19.1 Å². The summed E-state index contributed by atoms with van der Waals surface area (Å²) in [5.41, 5.74) is 4.53. The van der Waals surface area contributed by atoms with E-state index in [0.717, 1.165) is 18.8 Å². The first kappa shape index (κ1) is 20.7. The first-order valence-electron chi connectivity index (χ1n) is 4.51. The maximum absolute atomic E-state index is 10.2. The highest BCUT2D eigenvalue weighted by Crippen LogP contribution is 1.86. The van der Waals surface area contributed by atoms with E-state index in [4.69, 9.17) is 5.26 Å². The molecule has 0 saturated carbocycles. The van der Waals surface area contributed by atoms with E-state index in [0.29, 0.717) is 6.61 Å². The largest absolute Gasteiger partial charge is 0.366 e. The van der Waals surface area contributed by atoms with Crippen LogP contribution < -0.4 is 5.73 Å². The molecule has 0 rings (SSSR count). The van der Waals surface area contributed by atoms with Crippen LogP contribution in [0.15, 0.2) is 25.3 Å². The lowest BCUT2D eigenvalue weighted by Gasteiger charge is -1.94. The molecule has 0 aliphatic carbocycles. The summed E-state index contributed by atoms with van der Waals surface area (Å²) in [5.74, 6) is -0.481. The van der Waals surface area contributed by atoms with E-state index in [9.17, 15) is 13.2 Å². The Morgan fingerprint density at radius 1 is 1.53 bits per heavy atom. The molecule has 6 nitrogen and oxygen atoms in total. The van der Waals surface area contributed by atoms with Gasteiger partial charge in [0.2, 0.25) is 5.91 Å². The standard InChI is InChI=1S/C4H10O3S.C3H5NO.C3H3N/c1-3-4-7-8(2,5)6;1-2-3(4)5;1-2-3-4/h3-4H2,1-2H3;2H,1H2,(H2,4,5);2H,1H2. The van der Waals surface area contributed by atoms with E-state index >= 15 is 0 Å². The van der Waals surface area contributed by atoms with Gasteiger partial charge in [-0.05, 0) is 12.5 Å². The third-order valence-electron chi connectivity index (χ3n) is 0.794. The molecule has 0 fully saturated rings. The average Bonchev–Trinajstić information content (AvgIpc) is 2.26. The maximum Gasteiger partial charge on any atom is 0.264 e. The van der Waals surface area contributed by atoms with Crippen LogP contribution >= 0.6 is 0 Å². The molecule has 7 heteroatoms. The van der Waals surface area contributed by atoms with Gasteiger partial charge >= 0.3 is 0 Å². The molecule has 0 aliphatic rings. The van der Waals surface area contributed by atoms with Crippen LogP contribution in [0.5, 0.6) is 0 Å². The monoisotopic (exact) mass is 262 g/mol. The van der Waals surface area contributed by atoms with Crippen molar-refractivity contribution in [3.05, 3.63) is 25.3 Å². The Labute approximate surface area is 102 Å². The molecule has 0 heterocycles. The summed E-state index contributed by atoms with van der Waals surface area (Å²) in [6.07, 6.45) is 4.01. The molecule has 98 valence electrons. The molecular weight excluding hydrogens is 244 g/mol. The Hall–Kier alpha value is -1.65. The Balaban J connectivity index is -0.000000188. The highest BCUT2D eigenvalue weighted by atomic mass is 32.2. The number of carbonyl (C=O) groups is 1. The highest BCUT2D eigenvalue weighted by Gasteiger charge is 1.96. The van der Waals surface area contributed by atoms with Crippen molar-refractivity contribution in [3.8, 4) is 6.07 Å². The molecular formula is C10H18N2O4S. The third-order valence-corrected chi connectivity index (χ3v) is 1.39. The average molecular weight is 262 g/mol. The zero-order chi connectivity index (χ0) is 14.3. The molecule has 0 aromatic rings. The van der Waals surface area contributed by atoms with Gasteiger partial charge in [0, 0.05) is 6.08 Å². The normalized spacial score (nSPS) is 8.29. The van der Waals surface area contributed by atoms with Crippen molar-refractivity contribution in [2.24, 2.45) is 5.73 Å². The van der Waals surface area contributed by atoms with Gasteiger partial charge in [-0.1, -0.05) is 20.1 Å². The van der Waals surface area contributed by atoms with Gasteiger partial charge in [0.1, 0.15) is 0 Å². The van der Waals surface area contributed by atoms with Crippen molar-refractivity contribution in [1.29, 1.82) is 5.26 Å². The van der Waals surface area contributed by atoms with Gasteiger partial charge in [-0.3, -0.25) is 8.98 Å². The lowest BCUT2D eigenvalue weighted by atomic mass is 10.5. The lowest BCUT2D eigenvalue weighted by Crippen LogP contribution is -2.04. The van der Waals surface area contributed by atoms with Crippen LogP contribution in [-0.4, -0.2) is 27.2 Å². The fraction of sp³-hybridized carbons (Fsp3) is 0.400. The molecule has 1 amide bonds. The number of allylic oxidation sites excluding steroid dienone is 1. The summed E-state index contributed by atoms with van der Waals surface area (Å²) in [6, 6.07) is 1.69. The van der Waals surface area contributed by atoms with Crippen LogP contribution in [0.25, 0.3) is 0 Å². The number of hydrogen-bond acceptors (Lipinski definition) is 5. The van der Waals surface area contributed by atoms with Crippen LogP contribution in [0.3, 0.4) is 0 Å². The van der Waals surface area contributed by atoms with Gasteiger partial charge in [-0.25, -0.2) is 0 Å². The van der Waals surface area contributed by atoms with Crippen molar-refractivity contribution < 1.29 is 17.4 Å². The van der Waals surface area contributed by atoms with Crippen LogP contribution in [0, 0.1) is 11.3 Å². The Morgan fingerprint density at radius 3 is 1.94 bits per heavy atom. The number of nitriles is 1. The predicted molar refractivity (Wildman–Crippen MR) is 66.3 cm³/mol. The molecule has 0 spiro atoms. The van der Waals surface area contributed by atoms with Gasteiger partial charge in [0.15, 0.2) is 0 Å². The summed E-state index contributed by atoms with van der Waals surface area (Å²) >= 11 is 0. The number of primary amides is 1. The van der Waals surface area contributed by atoms with E-state index in [-0.39, 0.29) is 0 Å². The van der Waals surface area contributed by atoms with Crippen LogP contribution in [0.4, 0.5) is 0 Å². The topological polar surface area (TPSA) is 110 Å². The van der Waals surface area contributed by atoms with E-state index in [2.05, 4.69) is 23.1 Å². The van der Waals surface area contributed by atoms with Gasteiger partial charge in [-0.15, -0.1) is 0 Å². The van der Waals surface area contributed by atoms with Crippen molar-refractivity contribution in [2.75, 3.05) is 12.9 Å². The van der Waals surface area contributed by atoms with Gasteiger partial charge < -0.3 is 5.73 Å². The molecule has 0 aliphatic heterocycles. The van der Waals surface area contributed by atoms with Crippen LogP contribution in [0.2, 0.25) is 0 Å². The third kappa shape index (κ3) is 54.3. The van der Waals surface area contributed by atoms with E-state index in [1.54, 1.807) is 6.07 Å². The minimum Gasteiger partial charge on any atom is -0.366 e. The van der Waals surface area contributed by atoms with Crippen molar-refractivity contribution in [1.82, 2.24) is 0 Å². The Bertz CT molecular complexity index is 355. The quantitative estimate of drug-likeness (QED) is 0.456. The minimum atomic E-state index is -3.19. The van der Waals surface area contributed by atoms with Crippen molar-refractivity contribution >= 4 is 16.0 Å². The fourth-order valence-electron chi connectivity index (χ4n) is 0.235. The Kier molecular flexibility index (Phi) is 17.5. The summed E-state index contributed by atoms with van der Waals surface area (Å²) in [7, 11) is -3.19. The zero-order valence-electron chi connectivity index (χ0n) is 10.0. The molecule has 17 heavy (non-hydrogen) atoms.